The zero-order valence-corrected chi connectivity index (χ0v) is 28.8. The van der Waals surface area contributed by atoms with Gasteiger partial charge in [0, 0.05) is 63.3 Å². The summed E-state index contributed by atoms with van der Waals surface area (Å²) >= 11 is 0. The average molecular weight is 654 g/mol. The van der Waals surface area contributed by atoms with E-state index in [-0.39, 0.29) is 35.7 Å². The van der Waals surface area contributed by atoms with Crippen LogP contribution >= 0.6 is 0 Å². The molecule has 10 nitrogen and oxygen atoms in total. The van der Waals surface area contributed by atoms with Gasteiger partial charge < -0.3 is 25.0 Å². The van der Waals surface area contributed by atoms with Gasteiger partial charge in [0.2, 0.25) is 0 Å². The van der Waals surface area contributed by atoms with Crippen molar-refractivity contribution in [3.05, 3.63) is 98.4 Å². The number of benzene rings is 2. The molecule has 0 fully saturated rings. The Morgan fingerprint density at radius 1 is 0.958 bits per heavy atom. The summed E-state index contributed by atoms with van der Waals surface area (Å²) in [5.74, 6) is 0.343. The summed E-state index contributed by atoms with van der Waals surface area (Å²) in [6.07, 6.45) is 3.24. The van der Waals surface area contributed by atoms with Gasteiger partial charge in [0.05, 0.1) is 17.4 Å². The number of nitrogens with one attached hydrogen (secondary N) is 2. The van der Waals surface area contributed by atoms with Crippen molar-refractivity contribution in [1.82, 2.24) is 14.8 Å². The van der Waals surface area contributed by atoms with Gasteiger partial charge in [-0.3, -0.25) is 24.3 Å². The van der Waals surface area contributed by atoms with Crippen LogP contribution in [0.15, 0.2) is 76.4 Å². The summed E-state index contributed by atoms with van der Waals surface area (Å²) in [5, 5.41) is 6.31. The van der Waals surface area contributed by atoms with Crippen molar-refractivity contribution in [2.24, 2.45) is 5.92 Å². The molecule has 1 aliphatic rings. The Hall–Kier alpha value is -4.54. The minimum atomic E-state index is -0.576. The molecule has 0 saturated heterocycles. The number of fused-ring (bicyclic) bond motifs is 1. The van der Waals surface area contributed by atoms with E-state index in [4.69, 9.17) is 9.47 Å². The van der Waals surface area contributed by atoms with E-state index in [1.165, 1.54) is 5.56 Å². The molecule has 3 aromatic carbocycles. The summed E-state index contributed by atoms with van der Waals surface area (Å²) in [5.41, 5.74) is 3.46. The van der Waals surface area contributed by atoms with Gasteiger partial charge in [-0.05, 0) is 61.6 Å². The highest BCUT2D eigenvalue weighted by Gasteiger charge is 2.29. The molecule has 4 aromatic rings. The normalized spacial score (nSPS) is 19.4. The van der Waals surface area contributed by atoms with Crippen molar-refractivity contribution in [3.8, 4) is 17.0 Å². The first-order valence-electron chi connectivity index (χ1n) is 16.8. The highest BCUT2D eigenvalue weighted by molar-refractivity contribution is 5.98. The number of methoxy groups -OCH3 is 1. The third-order valence-corrected chi connectivity index (χ3v) is 9.39. The number of hydrogen-bond donors (Lipinski definition) is 2. The summed E-state index contributed by atoms with van der Waals surface area (Å²) < 4.78 is 12.3. The molecule has 10 heteroatoms. The standard InChI is InChI=1S/C38H47N5O5/c1-7-28(8-2)40-34-35(37(45)36(34)44)41-29-16-17-32-30(19-29)38(46)42(5)22-33(47-6)24(3)20-43(25(4)23-48-32)21-26-12-14-27(15-13-26)31-11-9-10-18-39-31/h9-19,24-25,28,33,40-41H,7-8,20-23H2,1-6H3/t24-,25-,33-/m0/s1. The maximum absolute atomic E-state index is 13.9. The van der Waals surface area contributed by atoms with Crippen molar-refractivity contribution in [2.75, 3.05) is 44.5 Å². The van der Waals surface area contributed by atoms with Crippen LogP contribution < -0.4 is 26.2 Å². The van der Waals surface area contributed by atoms with Gasteiger partial charge in [-0.1, -0.05) is 51.1 Å². The monoisotopic (exact) mass is 653 g/mol. The number of pyridine rings is 1. The number of anilines is 3. The van der Waals surface area contributed by atoms with Crippen LogP contribution in [-0.2, 0) is 11.3 Å². The van der Waals surface area contributed by atoms with E-state index in [1.54, 1.807) is 43.5 Å². The quantitative estimate of drug-likeness (QED) is 0.208. The van der Waals surface area contributed by atoms with Gasteiger partial charge in [0.1, 0.15) is 23.7 Å². The summed E-state index contributed by atoms with van der Waals surface area (Å²) in [4.78, 5) is 47.3. The Morgan fingerprint density at radius 3 is 2.35 bits per heavy atom. The highest BCUT2D eigenvalue weighted by atomic mass is 16.5. The van der Waals surface area contributed by atoms with Crippen molar-refractivity contribution in [3.63, 3.8) is 0 Å². The third-order valence-electron chi connectivity index (χ3n) is 9.39. The molecule has 0 unspecified atom stereocenters. The van der Waals surface area contributed by atoms with E-state index in [2.05, 4.69) is 58.6 Å². The molecule has 254 valence electrons. The van der Waals surface area contributed by atoms with Gasteiger partial charge in [0.15, 0.2) is 0 Å². The van der Waals surface area contributed by atoms with Crippen LogP contribution in [0.1, 0.15) is 56.5 Å². The second-order valence-corrected chi connectivity index (χ2v) is 12.8. The minimum Gasteiger partial charge on any atom is -0.491 e. The molecule has 5 rings (SSSR count). The Kier molecular flexibility index (Phi) is 11.3. The first kappa shape index (κ1) is 34.8. The lowest BCUT2D eigenvalue weighted by atomic mass is 10.0. The van der Waals surface area contributed by atoms with Gasteiger partial charge in [-0.2, -0.15) is 0 Å². The predicted molar refractivity (Wildman–Crippen MR) is 191 cm³/mol. The second-order valence-electron chi connectivity index (χ2n) is 12.8. The number of aromatic nitrogens is 1. The second kappa shape index (κ2) is 15.6. The van der Waals surface area contributed by atoms with Gasteiger partial charge >= 0.3 is 0 Å². The van der Waals surface area contributed by atoms with Crippen LogP contribution in [0.5, 0.6) is 5.75 Å². The molecular formula is C38H47N5O5. The largest absolute Gasteiger partial charge is 0.491 e. The Balaban J connectivity index is 1.39. The number of nitrogens with zero attached hydrogens (tertiary/aromatic N) is 3. The van der Waals surface area contributed by atoms with Crippen molar-refractivity contribution in [2.45, 2.75) is 65.3 Å². The summed E-state index contributed by atoms with van der Waals surface area (Å²) in [6.45, 7) is 10.5. The van der Waals surface area contributed by atoms with E-state index in [1.807, 2.05) is 32.0 Å². The Morgan fingerprint density at radius 2 is 1.69 bits per heavy atom. The van der Waals surface area contributed by atoms with E-state index in [0.717, 1.165) is 30.6 Å². The third kappa shape index (κ3) is 7.77. The van der Waals surface area contributed by atoms with Crippen LogP contribution in [-0.4, -0.2) is 72.7 Å². The van der Waals surface area contributed by atoms with Crippen molar-refractivity contribution >= 4 is 23.0 Å². The number of likely N-dealkylation sites (N-methyl/N-ethyl adjacent to an activating group) is 1. The number of hydrogen-bond acceptors (Lipinski definition) is 9. The van der Waals surface area contributed by atoms with Crippen molar-refractivity contribution < 1.29 is 14.3 Å². The first-order valence-corrected chi connectivity index (χ1v) is 16.8. The summed E-state index contributed by atoms with van der Waals surface area (Å²) in [6, 6.07) is 19.7. The number of rotatable bonds is 10. The molecule has 48 heavy (non-hydrogen) atoms. The van der Waals surface area contributed by atoms with Crippen molar-refractivity contribution in [1.29, 1.82) is 0 Å². The molecule has 1 aromatic heterocycles. The van der Waals surface area contributed by atoms with Crippen LogP contribution in [0.3, 0.4) is 0 Å². The molecule has 0 saturated carbocycles. The number of carbonyl (C=O) groups excluding carboxylic acids is 1. The van der Waals surface area contributed by atoms with Crippen LogP contribution in [0.2, 0.25) is 0 Å². The van der Waals surface area contributed by atoms with Crippen LogP contribution in [0.25, 0.3) is 11.3 Å². The average Bonchev–Trinajstić information content (AvgIpc) is 3.12. The lowest BCUT2D eigenvalue weighted by Gasteiger charge is -2.36. The number of amides is 1. The van der Waals surface area contributed by atoms with Gasteiger partial charge in [0.25, 0.3) is 16.8 Å². The lowest BCUT2D eigenvalue weighted by Crippen LogP contribution is -2.46. The Labute approximate surface area is 282 Å². The van der Waals surface area contributed by atoms with Crippen LogP contribution in [0, 0.1) is 5.92 Å². The zero-order chi connectivity index (χ0) is 34.4. The van der Waals surface area contributed by atoms with Gasteiger partial charge in [-0.15, -0.1) is 0 Å². The fraction of sp³-hybridized carbons (Fsp3) is 0.421. The van der Waals surface area contributed by atoms with Gasteiger partial charge in [-0.25, -0.2) is 0 Å². The van der Waals surface area contributed by atoms with E-state index in [0.29, 0.717) is 42.4 Å². The van der Waals surface area contributed by atoms with E-state index < -0.39 is 10.9 Å². The predicted octanol–water partition coefficient (Wildman–Crippen LogP) is 5.69. The molecular weight excluding hydrogens is 606 g/mol. The number of ether oxygens (including phenoxy) is 2. The highest BCUT2D eigenvalue weighted by Crippen LogP contribution is 2.30. The maximum atomic E-state index is 13.9. The fourth-order valence-corrected chi connectivity index (χ4v) is 6.19. The smallest absolute Gasteiger partial charge is 0.257 e. The van der Waals surface area contributed by atoms with Crippen LogP contribution in [0.4, 0.5) is 17.1 Å². The topological polar surface area (TPSA) is 113 Å². The fourth-order valence-electron chi connectivity index (χ4n) is 6.19. The molecule has 1 aliphatic heterocycles. The minimum absolute atomic E-state index is 0.0146. The number of carbonyl (C=O) groups is 1. The molecule has 2 N–H and O–H groups in total. The molecule has 1 amide bonds. The molecule has 2 heterocycles. The first-order chi connectivity index (χ1) is 23.1. The Bertz CT molecular complexity index is 1750. The molecule has 0 radical (unpaired) electrons. The van der Waals surface area contributed by atoms with E-state index in [9.17, 15) is 14.4 Å². The van der Waals surface area contributed by atoms with E-state index >= 15 is 0 Å². The molecule has 0 aliphatic carbocycles. The zero-order valence-electron chi connectivity index (χ0n) is 28.8. The SMILES string of the molecule is CCC(CC)Nc1c(Nc2ccc3c(c2)C(=O)N(C)C[C@H](OC)[C@@H](C)CN(Cc2ccc(-c4ccccn4)cc2)[C@@H](C)CO3)c(=O)c1=O. The maximum Gasteiger partial charge on any atom is 0.257 e. The molecule has 0 spiro atoms. The molecule has 0 bridgehead atoms. The lowest BCUT2D eigenvalue weighted by molar-refractivity contribution is 0.00922. The molecule has 3 atom stereocenters. The summed E-state index contributed by atoms with van der Waals surface area (Å²) in [7, 11) is 3.45.